The molecule has 0 spiro atoms. The van der Waals surface area contributed by atoms with E-state index in [1.165, 1.54) is 18.3 Å². The molecule has 0 aliphatic rings. The van der Waals surface area contributed by atoms with E-state index in [0.29, 0.717) is 11.3 Å². The first-order valence-corrected chi connectivity index (χ1v) is 8.64. The fourth-order valence-corrected chi connectivity index (χ4v) is 1.29. The standard InChI is InChI=1S/C13H11NO2.2O.U/c15-12-7-3-1-5-10(12)9-14-11-6-2-4-8-13(11)16;;;/h1-9,15-16H;;;/q;;;+2/p-2. The van der Waals surface area contributed by atoms with Crippen molar-refractivity contribution < 1.29 is 42.5 Å². The summed E-state index contributed by atoms with van der Waals surface area (Å²) in [6, 6.07) is 13.0. The molecule has 6 heteroatoms. The third-order valence-electron chi connectivity index (χ3n) is 2.13. The van der Waals surface area contributed by atoms with Gasteiger partial charge in [0.1, 0.15) is 0 Å². The third-order valence-corrected chi connectivity index (χ3v) is 2.13. The summed E-state index contributed by atoms with van der Waals surface area (Å²) in [7, 11) is 0. The molecule has 0 aliphatic heterocycles. The van der Waals surface area contributed by atoms with Gasteiger partial charge in [0.25, 0.3) is 0 Å². The van der Waals surface area contributed by atoms with Crippen molar-refractivity contribution in [2.45, 2.75) is 0 Å². The van der Waals surface area contributed by atoms with E-state index in [1.54, 1.807) is 36.4 Å². The quantitative estimate of drug-likeness (QED) is 0.606. The van der Waals surface area contributed by atoms with E-state index in [9.17, 15) is 10.2 Å². The first-order chi connectivity index (χ1) is 9.19. The summed E-state index contributed by atoms with van der Waals surface area (Å²) < 4.78 is 17.2. The number of hydrogen-bond donors (Lipinski definition) is 0. The second-order valence-corrected chi connectivity index (χ2v) is 4.04. The molecule has 0 heterocycles. The van der Waals surface area contributed by atoms with E-state index in [2.05, 4.69) is 4.99 Å². The maximum atomic E-state index is 11.4. The molecule has 19 heavy (non-hydrogen) atoms. The van der Waals surface area contributed by atoms with Crippen LogP contribution in [0.4, 0.5) is 5.69 Å². The van der Waals surface area contributed by atoms with Gasteiger partial charge >= 0.3 is 32.3 Å². The molecule has 2 aromatic carbocycles. The van der Waals surface area contributed by atoms with Crippen molar-refractivity contribution >= 4 is 11.9 Å². The number of para-hydroxylation sites is 3. The minimum atomic E-state index is -2.51. The molecule has 0 fully saturated rings. The summed E-state index contributed by atoms with van der Waals surface area (Å²) in [6.07, 6.45) is 1.42. The number of aliphatic imine (C=N–C) groups is 1. The number of rotatable bonds is 2. The van der Waals surface area contributed by atoms with Crippen molar-refractivity contribution in [1.29, 1.82) is 0 Å². The molecule has 0 unspecified atom stereocenters. The van der Waals surface area contributed by atoms with Crippen molar-refractivity contribution in [1.82, 2.24) is 0 Å². The van der Waals surface area contributed by atoms with E-state index in [4.69, 9.17) is 4.47 Å². The molecule has 0 N–H and O–H groups in total. The molecule has 0 aliphatic carbocycles. The third kappa shape index (κ3) is 5.25. The Hall–Kier alpha value is -1.64. The number of nitrogens with zero attached hydrogens (tertiary/aromatic N) is 1. The SMILES string of the molecule is [O-]c1ccccc1C=Nc1ccccc1[O-].[O]=[U+2]=[O]. The van der Waals surface area contributed by atoms with E-state index in [-0.39, 0.29) is 11.5 Å². The Kier molecular flexibility index (Phi) is 6.87. The molecular weight excluding hydrogens is 472 g/mol. The summed E-state index contributed by atoms with van der Waals surface area (Å²) in [4.78, 5) is 4.00. The Labute approximate surface area is 124 Å². The number of benzene rings is 2. The molecule has 2 rings (SSSR count). The van der Waals surface area contributed by atoms with Crippen molar-refractivity contribution in [2.24, 2.45) is 4.99 Å². The molecule has 94 valence electrons. The van der Waals surface area contributed by atoms with Crippen molar-refractivity contribution in [3.05, 3.63) is 54.1 Å². The normalized spacial score (nSPS) is 9.47. The monoisotopic (exact) mass is 481 g/mol. The van der Waals surface area contributed by atoms with Crippen molar-refractivity contribution in [3.63, 3.8) is 0 Å². The Balaban J connectivity index is 0.000000550. The van der Waals surface area contributed by atoms with Gasteiger partial charge < -0.3 is 10.2 Å². The average molecular weight is 481 g/mol. The van der Waals surface area contributed by atoms with Crippen LogP contribution in [-0.4, -0.2) is 6.21 Å². The molecule has 0 saturated heterocycles. The minimum absolute atomic E-state index is 0.102. The second-order valence-electron chi connectivity index (χ2n) is 3.35. The van der Waals surface area contributed by atoms with Crippen LogP contribution in [-0.2, 0) is 4.47 Å². The van der Waals surface area contributed by atoms with Gasteiger partial charge in [0.15, 0.2) is 0 Å². The molecule has 0 atom stereocenters. The van der Waals surface area contributed by atoms with Crippen LogP contribution in [0.3, 0.4) is 0 Å². The molecule has 2 aromatic rings. The summed E-state index contributed by atoms with van der Waals surface area (Å²) in [6.45, 7) is 0. The van der Waals surface area contributed by atoms with Crippen LogP contribution < -0.4 is 10.2 Å². The molecule has 0 aromatic heterocycles. The van der Waals surface area contributed by atoms with Gasteiger partial charge in [0.2, 0.25) is 0 Å². The summed E-state index contributed by atoms with van der Waals surface area (Å²) >= 11 is -2.51. The maximum absolute atomic E-state index is 11.4. The fourth-order valence-electron chi connectivity index (χ4n) is 1.29. The van der Waals surface area contributed by atoms with Crippen molar-refractivity contribution in [2.75, 3.05) is 0 Å². The van der Waals surface area contributed by atoms with Gasteiger partial charge in [-0.05, 0) is 11.6 Å². The second kappa shape index (κ2) is 8.46. The van der Waals surface area contributed by atoms with Gasteiger partial charge in [-0.2, -0.15) is 0 Å². The van der Waals surface area contributed by atoms with Gasteiger partial charge in [0, 0.05) is 6.21 Å². The summed E-state index contributed by atoms with van der Waals surface area (Å²) in [5, 5.41) is 22.7. The predicted octanol–water partition coefficient (Wildman–Crippen LogP) is 1.35. The summed E-state index contributed by atoms with van der Waals surface area (Å²) in [5.74, 6) is -0.253. The Bertz CT molecular complexity index is 560. The van der Waals surface area contributed by atoms with E-state index in [0.717, 1.165) is 0 Å². The Morgan fingerprint density at radius 3 is 2.00 bits per heavy atom. The van der Waals surface area contributed by atoms with Crippen LogP contribution in [0.15, 0.2) is 53.5 Å². The average Bonchev–Trinajstić information content (AvgIpc) is 2.40. The van der Waals surface area contributed by atoms with Gasteiger partial charge in [0.05, 0.1) is 5.69 Å². The predicted molar refractivity (Wildman–Crippen MR) is 60.4 cm³/mol. The Morgan fingerprint density at radius 2 is 1.42 bits per heavy atom. The molecule has 0 saturated carbocycles. The van der Waals surface area contributed by atoms with Gasteiger partial charge in [-0.1, -0.05) is 48.2 Å². The van der Waals surface area contributed by atoms with Crippen LogP contribution in [0.2, 0.25) is 0 Å². The first-order valence-electron chi connectivity index (χ1n) is 5.24. The topological polar surface area (TPSA) is 92.6 Å². The molecule has 0 bridgehead atoms. The van der Waals surface area contributed by atoms with Gasteiger partial charge in [-0.3, -0.25) is 4.99 Å². The van der Waals surface area contributed by atoms with Crippen LogP contribution in [0.1, 0.15) is 5.56 Å². The molecule has 0 radical (unpaired) electrons. The molecule has 5 nitrogen and oxygen atoms in total. The van der Waals surface area contributed by atoms with Crippen LogP contribution >= 0.6 is 0 Å². The van der Waals surface area contributed by atoms with Crippen LogP contribution in [0.25, 0.3) is 0 Å². The Morgan fingerprint density at radius 1 is 0.895 bits per heavy atom. The van der Waals surface area contributed by atoms with E-state index >= 15 is 0 Å². The zero-order valence-electron chi connectivity index (χ0n) is 9.78. The molecular formula is C13H9NO4U. The van der Waals surface area contributed by atoms with Gasteiger partial charge in [-0.25, -0.2) is 0 Å². The van der Waals surface area contributed by atoms with Gasteiger partial charge in [-0.15, -0.1) is 5.75 Å². The van der Waals surface area contributed by atoms with Crippen LogP contribution in [0.5, 0.6) is 11.5 Å². The zero-order chi connectivity index (χ0) is 14.1. The number of hydrogen-bond acceptors (Lipinski definition) is 5. The van der Waals surface area contributed by atoms with Crippen molar-refractivity contribution in [3.8, 4) is 11.5 Å². The van der Waals surface area contributed by atoms with E-state index in [1.807, 2.05) is 0 Å². The zero-order valence-corrected chi connectivity index (χ0v) is 13.9. The first kappa shape index (κ1) is 15.4. The fraction of sp³-hybridized carbons (Fsp3) is 0. The summed E-state index contributed by atoms with van der Waals surface area (Å²) in [5.41, 5.74) is 0.816. The van der Waals surface area contributed by atoms with Crippen LogP contribution in [0, 0.1) is 27.8 Å². The van der Waals surface area contributed by atoms with E-state index < -0.39 is 27.8 Å². The molecule has 0 amide bonds.